The van der Waals surface area contributed by atoms with Gasteiger partial charge in [0.2, 0.25) is 0 Å². The van der Waals surface area contributed by atoms with E-state index in [0.29, 0.717) is 12.5 Å². The number of rotatable bonds is 6. The maximum atomic E-state index is 12.9. The molecule has 0 atom stereocenters. The van der Waals surface area contributed by atoms with Gasteiger partial charge in [-0.25, -0.2) is 9.37 Å². The number of hydrogen-bond acceptors (Lipinski definition) is 4. The molecule has 4 rings (SSSR count). The second-order valence-electron chi connectivity index (χ2n) is 6.00. The summed E-state index contributed by atoms with van der Waals surface area (Å²) in [6, 6.07) is 14.2. The summed E-state index contributed by atoms with van der Waals surface area (Å²) in [5.41, 5.74) is 2.18. The number of nitrogens with zero attached hydrogens (tertiary/aromatic N) is 2. The molecule has 0 spiro atoms. The predicted molar refractivity (Wildman–Crippen MR) is 91.8 cm³/mol. The number of aromatic nitrogens is 3. The number of hydrogen-bond donors (Lipinski definition) is 3. The molecule has 0 unspecified atom stereocenters. The Morgan fingerprint density at radius 3 is 2.62 bits per heavy atom. The summed E-state index contributed by atoms with van der Waals surface area (Å²) in [6.07, 6.45) is 2.48. The van der Waals surface area contributed by atoms with Gasteiger partial charge >= 0.3 is 0 Å². The van der Waals surface area contributed by atoms with E-state index in [1.807, 2.05) is 24.3 Å². The van der Waals surface area contributed by atoms with E-state index in [-0.39, 0.29) is 5.82 Å². The lowest BCUT2D eigenvalue weighted by Crippen LogP contribution is -2.03. The molecule has 5 nitrogen and oxygen atoms in total. The molecular formula is C18H18FN5. The van der Waals surface area contributed by atoms with Crippen LogP contribution in [0.5, 0.6) is 0 Å². The van der Waals surface area contributed by atoms with E-state index in [0.717, 1.165) is 23.0 Å². The lowest BCUT2D eigenvalue weighted by molar-refractivity contribution is 0.627. The SMILES string of the molecule is Fc1ccc(CNc2cccc(Nc3cc(C4CC4)[nH]n3)n2)cc1. The third-order valence-corrected chi connectivity index (χ3v) is 4.01. The van der Waals surface area contributed by atoms with Gasteiger partial charge in [-0.1, -0.05) is 18.2 Å². The third-order valence-electron chi connectivity index (χ3n) is 4.01. The lowest BCUT2D eigenvalue weighted by Gasteiger charge is -2.08. The molecule has 2 aromatic heterocycles. The predicted octanol–water partition coefficient (Wildman–Crippen LogP) is 4.18. The van der Waals surface area contributed by atoms with E-state index >= 15 is 0 Å². The van der Waals surface area contributed by atoms with Gasteiger partial charge in [-0.05, 0) is 42.7 Å². The number of anilines is 3. The number of pyridine rings is 1. The van der Waals surface area contributed by atoms with Crippen LogP contribution < -0.4 is 10.6 Å². The second-order valence-corrected chi connectivity index (χ2v) is 6.00. The minimum atomic E-state index is -0.229. The highest BCUT2D eigenvalue weighted by atomic mass is 19.1. The summed E-state index contributed by atoms with van der Waals surface area (Å²) >= 11 is 0. The van der Waals surface area contributed by atoms with Crippen LogP contribution >= 0.6 is 0 Å². The molecule has 0 saturated heterocycles. The fourth-order valence-corrected chi connectivity index (χ4v) is 2.53. The third kappa shape index (κ3) is 3.53. The van der Waals surface area contributed by atoms with Gasteiger partial charge in [0.05, 0.1) is 0 Å². The minimum Gasteiger partial charge on any atom is -0.366 e. The summed E-state index contributed by atoms with van der Waals surface area (Å²) in [5.74, 6) is 2.67. The van der Waals surface area contributed by atoms with Crippen molar-refractivity contribution in [2.75, 3.05) is 10.6 Å². The lowest BCUT2D eigenvalue weighted by atomic mass is 10.2. The molecule has 0 bridgehead atoms. The van der Waals surface area contributed by atoms with Crippen LogP contribution in [0, 0.1) is 5.82 Å². The molecule has 6 heteroatoms. The number of halogens is 1. The van der Waals surface area contributed by atoms with Gasteiger partial charge in [0, 0.05) is 24.2 Å². The number of benzene rings is 1. The molecule has 0 radical (unpaired) electrons. The zero-order chi connectivity index (χ0) is 16.4. The van der Waals surface area contributed by atoms with Crippen LogP contribution in [0.4, 0.5) is 21.8 Å². The molecule has 1 saturated carbocycles. The molecule has 3 aromatic rings. The van der Waals surface area contributed by atoms with Crippen LogP contribution in [0.3, 0.4) is 0 Å². The Kier molecular flexibility index (Phi) is 3.86. The van der Waals surface area contributed by atoms with Crippen molar-refractivity contribution in [1.82, 2.24) is 15.2 Å². The molecule has 1 fully saturated rings. The van der Waals surface area contributed by atoms with E-state index < -0.39 is 0 Å². The number of aromatic amines is 1. The monoisotopic (exact) mass is 323 g/mol. The van der Waals surface area contributed by atoms with Crippen LogP contribution in [0.1, 0.15) is 30.0 Å². The first-order chi connectivity index (χ1) is 11.8. The highest BCUT2D eigenvalue weighted by molar-refractivity contribution is 5.55. The molecule has 0 amide bonds. The van der Waals surface area contributed by atoms with Crippen molar-refractivity contribution in [2.24, 2.45) is 0 Å². The van der Waals surface area contributed by atoms with Crippen LogP contribution in [0.25, 0.3) is 0 Å². The van der Waals surface area contributed by atoms with E-state index in [1.165, 1.54) is 30.7 Å². The maximum absolute atomic E-state index is 12.9. The van der Waals surface area contributed by atoms with E-state index in [9.17, 15) is 4.39 Å². The van der Waals surface area contributed by atoms with Crippen molar-refractivity contribution in [3.63, 3.8) is 0 Å². The average Bonchev–Trinajstić information content (AvgIpc) is 3.35. The summed E-state index contributed by atoms with van der Waals surface area (Å²) in [5, 5.41) is 13.8. The fraction of sp³-hybridized carbons (Fsp3) is 0.222. The van der Waals surface area contributed by atoms with Crippen LogP contribution in [0.2, 0.25) is 0 Å². The van der Waals surface area contributed by atoms with Crippen molar-refractivity contribution < 1.29 is 4.39 Å². The molecule has 122 valence electrons. The highest BCUT2D eigenvalue weighted by Gasteiger charge is 2.25. The highest BCUT2D eigenvalue weighted by Crippen LogP contribution is 2.39. The van der Waals surface area contributed by atoms with Gasteiger partial charge in [0.1, 0.15) is 17.5 Å². The zero-order valence-corrected chi connectivity index (χ0v) is 13.1. The van der Waals surface area contributed by atoms with E-state index in [2.05, 4.69) is 25.8 Å². The molecule has 0 aliphatic heterocycles. The summed E-state index contributed by atoms with van der Waals surface area (Å²) in [6.45, 7) is 0.588. The van der Waals surface area contributed by atoms with Gasteiger partial charge in [0.25, 0.3) is 0 Å². The summed E-state index contributed by atoms with van der Waals surface area (Å²) in [7, 11) is 0. The number of nitrogens with one attached hydrogen (secondary N) is 3. The smallest absolute Gasteiger partial charge is 0.153 e. The van der Waals surface area contributed by atoms with Crippen LogP contribution in [0.15, 0.2) is 48.5 Å². The Hall–Kier alpha value is -2.89. The first-order valence-corrected chi connectivity index (χ1v) is 8.04. The summed E-state index contributed by atoms with van der Waals surface area (Å²) in [4.78, 5) is 4.52. The Morgan fingerprint density at radius 2 is 1.83 bits per heavy atom. The van der Waals surface area contributed by atoms with Gasteiger partial charge in [-0.2, -0.15) is 5.10 Å². The van der Waals surface area contributed by atoms with Crippen molar-refractivity contribution in [3.05, 3.63) is 65.6 Å². The van der Waals surface area contributed by atoms with Crippen LogP contribution in [-0.4, -0.2) is 15.2 Å². The molecule has 3 N–H and O–H groups in total. The van der Waals surface area contributed by atoms with Crippen molar-refractivity contribution in [1.29, 1.82) is 0 Å². The van der Waals surface area contributed by atoms with E-state index in [1.54, 1.807) is 12.1 Å². The zero-order valence-electron chi connectivity index (χ0n) is 13.1. The molecule has 1 aromatic carbocycles. The quantitative estimate of drug-likeness (QED) is 0.637. The minimum absolute atomic E-state index is 0.229. The Bertz CT molecular complexity index is 823. The van der Waals surface area contributed by atoms with Gasteiger partial charge in [-0.15, -0.1) is 0 Å². The Labute approximate surface area is 139 Å². The molecular weight excluding hydrogens is 305 g/mol. The van der Waals surface area contributed by atoms with Crippen LogP contribution in [-0.2, 0) is 6.54 Å². The van der Waals surface area contributed by atoms with Gasteiger partial charge in [-0.3, -0.25) is 5.10 Å². The average molecular weight is 323 g/mol. The second kappa shape index (κ2) is 6.31. The topological polar surface area (TPSA) is 65.6 Å². The normalized spacial score (nSPS) is 13.7. The molecule has 24 heavy (non-hydrogen) atoms. The standard InChI is InChI=1S/C18H18FN5/c19-14-8-4-12(5-9-14)11-20-16-2-1-3-17(21-16)22-18-10-15(23-24-18)13-6-7-13/h1-5,8-10,13H,6-7,11H2,(H3,20,21,22,23,24). The van der Waals surface area contributed by atoms with Crippen molar-refractivity contribution in [2.45, 2.75) is 25.3 Å². The first kappa shape index (κ1) is 14.7. The van der Waals surface area contributed by atoms with Gasteiger partial charge < -0.3 is 10.6 Å². The molecule has 1 aliphatic rings. The molecule has 1 aliphatic carbocycles. The Balaban J connectivity index is 1.39. The van der Waals surface area contributed by atoms with Gasteiger partial charge in [0.15, 0.2) is 5.82 Å². The Morgan fingerprint density at radius 1 is 1.04 bits per heavy atom. The van der Waals surface area contributed by atoms with E-state index in [4.69, 9.17) is 0 Å². The van der Waals surface area contributed by atoms with Crippen molar-refractivity contribution in [3.8, 4) is 0 Å². The maximum Gasteiger partial charge on any atom is 0.153 e. The van der Waals surface area contributed by atoms with Crippen molar-refractivity contribution >= 4 is 17.5 Å². The largest absolute Gasteiger partial charge is 0.366 e. The fourth-order valence-electron chi connectivity index (χ4n) is 2.53. The summed E-state index contributed by atoms with van der Waals surface area (Å²) < 4.78 is 12.9. The first-order valence-electron chi connectivity index (χ1n) is 8.04. The molecule has 2 heterocycles. The number of H-pyrrole nitrogens is 1.